The highest BCUT2D eigenvalue weighted by Crippen LogP contribution is 2.44. The van der Waals surface area contributed by atoms with Crippen molar-refractivity contribution < 1.29 is 23.1 Å². The lowest BCUT2D eigenvalue weighted by molar-refractivity contribution is -0.230. The molecular formula is C9H15F3N2O2. The van der Waals surface area contributed by atoms with Crippen molar-refractivity contribution in [2.75, 3.05) is 33.3 Å². The number of hydrogen-bond acceptors (Lipinski definition) is 3. The Hall–Kier alpha value is -0.820. The zero-order valence-electron chi connectivity index (χ0n) is 8.97. The molecule has 1 aliphatic rings. The first-order valence-electron chi connectivity index (χ1n) is 4.96. The summed E-state index contributed by atoms with van der Waals surface area (Å²) >= 11 is 0. The van der Waals surface area contributed by atoms with Crippen molar-refractivity contribution in [3.8, 4) is 0 Å². The normalized spacial score (nSPS) is 26.2. The van der Waals surface area contributed by atoms with E-state index >= 15 is 0 Å². The van der Waals surface area contributed by atoms with Gasteiger partial charge in [-0.3, -0.25) is 4.79 Å². The van der Waals surface area contributed by atoms with Crippen LogP contribution in [0.1, 0.15) is 6.42 Å². The fourth-order valence-corrected chi connectivity index (χ4v) is 1.80. The molecular weight excluding hydrogens is 225 g/mol. The molecule has 0 aliphatic carbocycles. The Bertz CT molecular complexity index is 270. The molecule has 1 fully saturated rings. The zero-order valence-corrected chi connectivity index (χ0v) is 8.97. The third-order valence-electron chi connectivity index (χ3n) is 2.94. The van der Waals surface area contributed by atoms with Gasteiger partial charge in [-0.25, -0.2) is 0 Å². The van der Waals surface area contributed by atoms with E-state index in [4.69, 9.17) is 5.11 Å². The smallest absolute Gasteiger partial charge is 0.395 e. The van der Waals surface area contributed by atoms with Crippen molar-refractivity contribution in [3.63, 3.8) is 0 Å². The maximum Gasteiger partial charge on any atom is 0.398 e. The molecule has 0 saturated carbocycles. The molecule has 7 heteroatoms. The minimum Gasteiger partial charge on any atom is -0.395 e. The monoisotopic (exact) mass is 240 g/mol. The molecule has 1 amide bonds. The second kappa shape index (κ2) is 4.58. The summed E-state index contributed by atoms with van der Waals surface area (Å²) in [6.45, 7) is -1.37. The lowest BCUT2D eigenvalue weighted by atomic mass is 9.87. The van der Waals surface area contributed by atoms with E-state index in [1.807, 2.05) is 0 Å². The van der Waals surface area contributed by atoms with Crippen LogP contribution in [0, 0.1) is 5.41 Å². The summed E-state index contributed by atoms with van der Waals surface area (Å²) in [4.78, 5) is 12.5. The second-order valence-corrected chi connectivity index (χ2v) is 4.03. The van der Waals surface area contributed by atoms with Crippen LogP contribution in [0.2, 0.25) is 0 Å². The Morgan fingerprint density at radius 2 is 2.19 bits per heavy atom. The lowest BCUT2D eigenvalue weighted by Crippen LogP contribution is -2.45. The molecule has 0 aromatic heterocycles. The van der Waals surface area contributed by atoms with Gasteiger partial charge in [0.1, 0.15) is 5.41 Å². The molecule has 2 N–H and O–H groups in total. The Balaban J connectivity index is 2.72. The highest BCUT2D eigenvalue weighted by Gasteiger charge is 2.58. The first-order valence-corrected chi connectivity index (χ1v) is 4.96. The number of aliphatic hydroxyl groups is 1. The first-order chi connectivity index (χ1) is 7.36. The minimum atomic E-state index is -4.48. The average molecular weight is 240 g/mol. The van der Waals surface area contributed by atoms with E-state index < -0.39 is 24.7 Å². The van der Waals surface area contributed by atoms with Crippen LogP contribution < -0.4 is 5.32 Å². The predicted octanol–water partition coefficient (Wildman–Crippen LogP) is -0.0209. The minimum absolute atomic E-state index is 0.0133. The van der Waals surface area contributed by atoms with Gasteiger partial charge in [-0.2, -0.15) is 13.2 Å². The number of nitrogens with zero attached hydrogens (tertiary/aromatic N) is 1. The van der Waals surface area contributed by atoms with E-state index in [2.05, 4.69) is 5.32 Å². The lowest BCUT2D eigenvalue weighted by Gasteiger charge is -2.29. The van der Waals surface area contributed by atoms with Gasteiger partial charge in [0, 0.05) is 13.1 Å². The number of likely N-dealkylation sites (tertiary alicyclic amines) is 1. The van der Waals surface area contributed by atoms with Crippen LogP contribution in [-0.4, -0.2) is 55.4 Å². The molecule has 1 heterocycles. The molecule has 0 bridgehead atoms. The van der Waals surface area contributed by atoms with Gasteiger partial charge < -0.3 is 15.3 Å². The Labute approximate surface area is 91.4 Å². The van der Waals surface area contributed by atoms with E-state index in [0.717, 1.165) is 4.90 Å². The van der Waals surface area contributed by atoms with Crippen molar-refractivity contribution >= 4 is 5.91 Å². The van der Waals surface area contributed by atoms with E-state index in [1.54, 1.807) is 7.05 Å². The number of nitrogens with one attached hydrogen (secondary N) is 1. The molecule has 16 heavy (non-hydrogen) atoms. The molecule has 1 atom stereocenters. The highest BCUT2D eigenvalue weighted by atomic mass is 19.4. The third-order valence-corrected chi connectivity index (χ3v) is 2.94. The number of rotatable bonds is 3. The van der Waals surface area contributed by atoms with Gasteiger partial charge >= 0.3 is 6.18 Å². The van der Waals surface area contributed by atoms with Crippen LogP contribution in [0.5, 0.6) is 0 Å². The largest absolute Gasteiger partial charge is 0.398 e. The molecule has 4 nitrogen and oxygen atoms in total. The molecule has 0 aromatic carbocycles. The summed E-state index contributed by atoms with van der Waals surface area (Å²) in [5.74, 6) is -0.373. The molecule has 94 valence electrons. The van der Waals surface area contributed by atoms with Gasteiger partial charge in [-0.05, 0) is 13.5 Å². The van der Waals surface area contributed by atoms with E-state index in [0.29, 0.717) is 0 Å². The Kier molecular flexibility index (Phi) is 3.80. The number of carbonyl (C=O) groups excluding carboxylic acids is 1. The summed E-state index contributed by atoms with van der Waals surface area (Å²) in [5, 5.41) is 11.5. The van der Waals surface area contributed by atoms with Crippen LogP contribution in [0.15, 0.2) is 0 Å². The topological polar surface area (TPSA) is 52.6 Å². The van der Waals surface area contributed by atoms with Gasteiger partial charge in [-0.1, -0.05) is 0 Å². The standard InChI is InChI=1S/C9H15F3N2O2/c1-13-4-7(16)14-3-2-8(5-14,6-15)9(10,11)12/h13,15H,2-6H2,1H3. The maximum atomic E-state index is 12.7. The van der Waals surface area contributed by atoms with E-state index in [-0.39, 0.29) is 25.4 Å². The van der Waals surface area contributed by atoms with Crippen LogP contribution in [0.3, 0.4) is 0 Å². The number of alkyl halides is 3. The molecule has 1 unspecified atom stereocenters. The van der Waals surface area contributed by atoms with E-state index in [1.165, 1.54) is 0 Å². The maximum absolute atomic E-state index is 12.7. The van der Waals surface area contributed by atoms with Gasteiger partial charge in [0.2, 0.25) is 5.91 Å². The number of halogens is 3. The average Bonchev–Trinajstić information content (AvgIpc) is 2.62. The number of aliphatic hydroxyl groups excluding tert-OH is 1. The van der Waals surface area contributed by atoms with Crippen molar-refractivity contribution in [1.82, 2.24) is 10.2 Å². The fraction of sp³-hybridized carbons (Fsp3) is 0.889. The van der Waals surface area contributed by atoms with Crippen LogP contribution in [-0.2, 0) is 4.79 Å². The number of likely N-dealkylation sites (N-methyl/N-ethyl adjacent to an activating group) is 1. The molecule has 1 saturated heterocycles. The molecule has 0 aromatic rings. The fourth-order valence-electron chi connectivity index (χ4n) is 1.80. The molecule has 1 rings (SSSR count). The zero-order chi connectivity index (χ0) is 12.4. The van der Waals surface area contributed by atoms with Gasteiger partial charge in [0.15, 0.2) is 0 Å². The van der Waals surface area contributed by atoms with Crippen molar-refractivity contribution in [2.45, 2.75) is 12.6 Å². The van der Waals surface area contributed by atoms with Gasteiger partial charge in [0.05, 0.1) is 13.2 Å². The molecule has 0 spiro atoms. The number of carbonyl (C=O) groups is 1. The quantitative estimate of drug-likeness (QED) is 0.729. The van der Waals surface area contributed by atoms with Crippen molar-refractivity contribution in [3.05, 3.63) is 0 Å². The summed E-state index contributed by atoms with van der Waals surface area (Å²) in [7, 11) is 1.55. The SMILES string of the molecule is CNCC(=O)N1CCC(CO)(C(F)(F)F)C1. The van der Waals surface area contributed by atoms with Crippen LogP contribution in [0.4, 0.5) is 13.2 Å². The third kappa shape index (κ3) is 2.30. The van der Waals surface area contributed by atoms with Crippen molar-refractivity contribution in [1.29, 1.82) is 0 Å². The predicted molar refractivity (Wildman–Crippen MR) is 50.7 cm³/mol. The molecule has 1 aliphatic heterocycles. The summed E-state index contributed by atoms with van der Waals surface area (Å²) in [6.07, 6.45) is -4.71. The Morgan fingerprint density at radius 3 is 2.56 bits per heavy atom. The number of amides is 1. The van der Waals surface area contributed by atoms with E-state index in [9.17, 15) is 18.0 Å². The summed E-state index contributed by atoms with van der Waals surface area (Å²) in [5.41, 5.74) is -2.14. The van der Waals surface area contributed by atoms with Gasteiger partial charge in [0.25, 0.3) is 0 Å². The summed E-state index contributed by atoms with van der Waals surface area (Å²) < 4.78 is 38.2. The van der Waals surface area contributed by atoms with Gasteiger partial charge in [-0.15, -0.1) is 0 Å². The van der Waals surface area contributed by atoms with Crippen LogP contribution >= 0.6 is 0 Å². The highest BCUT2D eigenvalue weighted by molar-refractivity contribution is 5.78. The van der Waals surface area contributed by atoms with Crippen molar-refractivity contribution in [2.24, 2.45) is 5.41 Å². The molecule has 0 radical (unpaired) electrons. The first kappa shape index (κ1) is 13.2. The van der Waals surface area contributed by atoms with Crippen LogP contribution in [0.25, 0.3) is 0 Å². The Morgan fingerprint density at radius 1 is 1.56 bits per heavy atom. The second-order valence-electron chi connectivity index (χ2n) is 4.03. The summed E-state index contributed by atoms with van der Waals surface area (Å²) in [6, 6.07) is 0. The number of hydrogen-bond donors (Lipinski definition) is 2.